The molecule has 0 unspecified atom stereocenters. The van der Waals surface area contributed by atoms with Gasteiger partial charge in [0.05, 0.1) is 24.7 Å². The largest absolute Gasteiger partial charge is 0.465 e. The number of nitrogens with zero attached hydrogens (tertiary/aromatic N) is 2. The van der Waals surface area contributed by atoms with Gasteiger partial charge >= 0.3 is 11.9 Å². The van der Waals surface area contributed by atoms with Crippen LogP contribution in [0.25, 0.3) is 0 Å². The average Bonchev–Trinajstić information content (AvgIpc) is 2.96. The lowest BCUT2D eigenvalue weighted by Gasteiger charge is -2.24. The van der Waals surface area contributed by atoms with Crippen molar-refractivity contribution < 1.29 is 27.5 Å². The Labute approximate surface area is 170 Å². The molecule has 8 nitrogen and oxygen atoms in total. The minimum atomic E-state index is -3.61. The smallest absolute Gasteiger partial charge is 0.355 e. The fraction of sp³-hybridized carbons (Fsp3) is 0.300. The standard InChI is InChI=1S/C20H24N2O6S/c1-5-21(6-2)29(25,26)16-12-10-15(11-13-16)22-14-8-7-9-17(19(23)27-3)18(22)20(24)28-4/h7-14H,5-6H2,1-4H3. The zero-order valence-corrected chi connectivity index (χ0v) is 17.6. The number of sulfonamides is 1. The number of methoxy groups -OCH3 is 2. The monoisotopic (exact) mass is 420 g/mol. The van der Waals surface area contributed by atoms with E-state index in [1.54, 1.807) is 44.3 Å². The Bertz CT molecular complexity index is 957. The van der Waals surface area contributed by atoms with Gasteiger partial charge in [-0.3, -0.25) is 0 Å². The number of rotatable bonds is 7. The number of carbonyl (C=O) groups excluding carboxylic acids is 2. The maximum Gasteiger partial charge on any atom is 0.355 e. The van der Waals surface area contributed by atoms with Crippen molar-refractivity contribution in [2.45, 2.75) is 18.7 Å². The molecule has 0 amide bonds. The number of allylic oxidation sites excluding steroid dienone is 2. The van der Waals surface area contributed by atoms with Crippen LogP contribution in [0.2, 0.25) is 0 Å². The maximum absolute atomic E-state index is 12.7. The van der Waals surface area contributed by atoms with Crippen LogP contribution in [0, 0.1) is 0 Å². The van der Waals surface area contributed by atoms with Gasteiger partial charge in [-0.05, 0) is 36.4 Å². The van der Waals surface area contributed by atoms with Gasteiger partial charge < -0.3 is 14.4 Å². The summed E-state index contributed by atoms with van der Waals surface area (Å²) in [5.74, 6) is -1.43. The highest BCUT2D eigenvalue weighted by Crippen LogP contribution is 2.28. The summed E-state index contributed by atoms with van der Waals surface area (Å²) < 4.78 is 36.3. The molecule has 0 bridgehead atoms. The predicted molar refractivity (Wildman–Crippen MR) is 108 cm³/mol. The van der Waals surface area contributed by atoms with E-state index in [9.17, 15) is 18.0 Å². The molecule has 1 aromatic carbocycles. The molecule has 29 heavy (non-hydrogen) atoms. The van der Waals surface area contributed by atoms with Gasteiger partial charge in [-0.15, -0.1) is 0 Å². The van der Waals surface area contributed by atoms with Gasteiger partial charge in [0.1, 0.15) is 5.70 Å². The third-order valence-corrected chi connectivity index (χ3v) is 6.41. The van der Waals surface area contributed by atoms with E-state index in [0.717, 1.165) is 0 Å². The van der Waals surface area contributed by atoms with Gasteiger partial charge in [-0.25, -0.2) is 18.0 Å². The van der Waals surface area contributed by atoms with Crippen LogP contribution in [0.1, 0.15) is 13.8 Å². The number of anilines is 1. The van der Waals surface area contributed by atoms with Crippen molar-refractivity contribution in [1.82, 2.24) is 4.31 Å². The van der Waals surface area contributed by atoms with Crippen molar-refractivity contribution in [3.63, 3.8) is 0 Å². The predicted octanol–water partition coefficient (Wildman–Crippen LogP) is 2.21. The summed E-state index contributed by atoms with van der Waals surface area (Å²) in [7, 11) is -1.19. The molecule has 156 valence electrons. The van der Waals surface area contributed by atoms with Crippen LogP contribution in [0.4, 0.5) is 5.69 Å². The second-order valence-electron chi connectivity index (χ2n) is 5.90. The molecule has 1 aliphatic heterocycles. The van der Waals surface area contributed by atoms with Crippen molar-refractivity contribution in [1.29, 1.82) is 0 Å². The molecule has 0 N–H and O–H groups in total. The first-order valence-electron chi connectivity index (χ1n) is 8.97. The van der Waals surface area contributed by atoms with Gasteiger partial charge in [-0.2, -0.15) is 4.31 Å². The van der Waals surface area contributed by atoms with Crippen molar-refractivity contribution in [2.24, 2.45) is 0 Å². The minimum Gasteiger partial charge on any atom is -0.465 e. The number of esters is 2. The quantitative estimate of drug-likeness (QED) is 0.624. The first kappa shape index (κ1) is 22.4. The van der Waals surface area contributed by atoms with Gasteiger partial charge in [0.2, 0.25) is 10.0 Å². The molecule has 1 aliphatic rings. The summed E-state index contributed by atoms with van der Waals surface area (Å²) in [6.45, 7) is 4.26. The van der Waals surface area contributed by atoms with Crippen LogP contribution in [0.5, 0.6) is 0 Å². The van der Waals surface area contributed by atoms with Crippen LogP contribution in [-0.2, 0) is 29.1 Å². The molecule has 1 aromatic rings. The second-order valence-corrected chi connectivity index (χ2v) is 7.84. The Morgan fingerprint density at radius 2 is 1.55 bits per heavy atom. The number of hydrogen-bond donors (Lipinski definition) is 0. The number of hydrogen-bond acceptors (Lipinski definition) is 7. The maximum atomic E-state index is 12.7. The molecule has 0 fully saturated rings. The fourth-order valence-corrected chi connectivity index (χ4v) is 4.31. The van der Waals surface area contributed by atoms with Crippen molar-refractivity contribution in [3.8, 4) is 0 Å². The molecule has 0 radical (unpaired) electrons. The Hall–Kier alpha value is -2.91. The van der Waals surface area contributed by atoms with E-state index in [4.69, 9.17) is 9.47 Å². The van der Waals surface area contributed by atoms with Crippen molar-refractivity contribution >= 4 is 27.6 Å². The number of carbonyl (C=O) groups is 2. The SMILES string of the molecule is CCN(CC)S(=O)(=O)c1ccc(N2C=CC=CC(C(=O)OC)=C2C(=O)OC)cc1. The Balaban J connectivity index is 2.54. The molecular weight excluding hydrogens is 396 g/mol. The van der Waals surface area contributed by atoms with Gasteiger partial charge in [0, 0.05) is 25.0 Å². The van der Waals surface area contributed by atoms with E-state index in [0.29, 0.717) is 18.8 Å². The molecule has 9 heteroatoms. The summed E-state index contributed by atoms with van der Waals surface area (Å²) >= 11 is 0. The van der Waals surface area contributed by atoms with Gasteiger partial charge in [-0.1, -0.05) is 19.9 Å². The van der Waals surface area contributed by atoms with Gasteiger partial charge in [0.15, 0.2) is 0 Å². The number of ether oxygens (including phenoxy) is 2. The normalized spacial score (nSPS) is 14.2. The lowest BCUT2D eigenvalue weighted by molar-refractivity contribution is -0.139. The third kappa shape index (κ3) is 4.57. The first-order valence-corrected chi connectivity index (χ1v) is 10.4. The molecule has 0 saturated heterocycles. The summed E-state index contributed by atoms with van der Waals surface area (Å²) in [6.07, 6.45) is 6.26. The lowest BCUT2D eigenvalue weighted by Crippen LogP contribution is -2.30. The van der Waals surface area contributed by atoms with Crippen LogP contribution in [0.15, 0.2) is 64.9 Å². The van der Waals surface area contributed by atoms with E-state index in [2.05, 4.69) is 0 Å². The molecule has 0 aliphatic carbocycles. The molecule has 0 spiro atoms. The van der Waals surface area contributed by atoms with Crippen LogP contribution in [-0.4, -0.2) is 52.0 Å². The van der Waals surface area contributed by atoms with E-state index >= 15 is 0 Å². The van der Waals surface area contributed by atoms with Crippen molar-refractivity contribution in [3.05, 3.63) is 60.0 Å². The first-order chi connectivity index (χ1) is 13.8. The molecule has 0 aromatic heterocycles. The summed E-state index contributed by atoms with van der Waals surface area (Å²) in [6, 6.07) is 6.04. The van der Waals surface area contributed by atoms with E-state index in [1.165, 1.54) is 41.6 Å². The summed E-state index contributed by atoms with van der Waals surface area (Å²) in [5, 5.41) is 0. The summed E-state index contributed by atoms with van der Waals surface area (Å²) in [5.41, 5.74) is 0.457. The Morgan fingerprint density at radius 3 is 2.07 bits per heavy atom. The van der Waals surface area contributed by atoms with Crippen LogP contribution < -0.4 is 4.90 Å². The Morgan fingerprint density at radius 1 is 0.966 bits per heavy atom. The van der Waals surface area contributed by atoms with E-state index in [1.807, 2.05) is 0 Å². The van der Waals surface area contributed by atoms with E-state index in [-0.39, 0.29) is 16.2 Å². The van der Waals surface area contributed by atoms with Crippen LogP contribution in [0.3, 0.4) is 0 Å². The third-order valence-electron chi connectivity index (χ3n) is 4.35. The lowest BCUT2D eigenvalue weighted by atomic mass is 10.1. The highest BCUT2D eigenvalue weighted by molar-refractivity contribution is 7.89. The molecule has 1 heterocycles. The molecule has 0 atom stereocenters. The van der Waals surface area contributed by atoms with Crippen molar-refractivity contribution in [2.75, 3.05) is 32.2 Å². The Kier molecular flexibility index (Phi) is 7.35. The topological polar surface area (TPSA) is 93.2 Å². The van der Waals surface area contributed by atoms with Crippen LogP contribution >= 0.6 is 0 Å². The number of benzene rings is 1. The fourth-order valence-electron chi connectivity index (χ4n) is 2.86. The summed E-state index contributed by atoms with van der Waals surface area (Å²) in [4.78, 5) is 26.2. The molecular formula is C20H24N2O6S. The van der Waals surface area contributed by atoms with Gasteiger partial charge in [0.25, 0.3) is 0 Å². The zero-order chi connectivity index (χ0) is 21.6. The average molecular weight is 420 g/mol. The highest BCUT2D eigenvalue weighted by atomic mass is 32.2. The van der Waals surface area contributed by atoms with E-state index < -0.39 is 22.0 Å². The minimum absolute atomic E-state index is 0.0178. The highest BCUT2D eigenvalue weighted by Gasteiger charge is 2.28. The second kappa shape index (κ2) is 9.53. The molecule has 0 saturated carbocycles. The zero-order valence-electron chi connectivity index (χ0n) is 16.8. The molecule has 2 rings (SSSR count).